The third-order valence-electron chi connectivity index (χ3n) is 2.88. The van der Waals surface area contributed by atoms with Gasteiger partial charge in [-0.2, -0.15) is 0 Å². The van der Waals surface area contributed by atoms with E-state index in [0.29, 0.717) is 5.92 Å². The number of hydrogen-bond donors (Lipinski definition) is 0. The zero-order valence-corrected chi connectivity index (χ0v) is 11.5. The SMILES string of the molecule is Clc1cccc(C(CBr)COCC2CC2)c1. The van der Waals surface area contributed by atoms with Crippen molar-refractivity contribution in [3.8, 4) is 0 Å². The Morgan fingerprint density at radius 2 is 2.25 bits per heavy atom. The van der Waals surface area contributed by atoms with Crippen molar-refractivity contribution in [2.45, 2.75) is 18.8 Å². The lowest BCUT2D eigenvalue weighted by atomic mass is 10.0. The first-order valence-corrected chi connectivity index (χ1v) is 7.18. The van der Waals surface area contributed by atoms with Crippen molar-refractivity contribution >= 4 is 27.5 Å². The van der Waals surface area contributed by atoms with Crippen LogP contribution in [-0.4, -0.2) is 18.5 Å². The van der Waals surface area contributed by atoms with Crippen LogP contribution in [0.25, 0.3) is 0 Å². The van der Waals surface area contributed by atoms with Gasteiger partial charge in [0.15, 0.2) is 0 Å². The third-order valence-corrected chi connectivity index (χ3v) is 3.89. The van der Waals surface area contributed by atoms with Crippen LogP contribution in [0, 0.1) is 5.92 Å². The fourth-order valence-corrected chi connectivity index (χ4v) is 2.41. The van der Waals surface area contributed by atoms with E-state index in [2.05, 4.69) is 22.0 Å². The summed E-state index contributed by atoms with van der Waals surface area (Å²) in [4.78, 5) is 0. The Kier molecular flexibility index (Phi) is 4.68. The molecule has 1 atom stereocenters. The zero-order valence-electron chi connectivity index (χ0n) is 9.16. The largest absolute Gasteiger partial charge is 0.380 e. The molecule has 1 aromatic carbocycles. The minimum Gasteiger partial charge on any atom is -0.380 e. The van der Waals surface area contributed by atoms with Gasteiger partial charge in [0, 0.05) is 22.9 Å². The Morgan fingerprint density at radius 3 is 2.88 bits per heavy atom. The molecule has 88 valence electrons. The molecule has 1 unspecified atom stereocenters. The Hall–Kier alpha value is -0.0500. The predicted octanol–water partition coefficient (Wildman–Crippen LogP) is 4.25. The summed E-state index contributed by atoms with van der Waals surface area (Å²) in [5, 5.41) is 1.71. The normalized spacial score (nSPS) is 17.4. The molecule has 0 spiro atoms. The first-order chi connectivity index (χ1) is 7.79. The topological polar surface area (TPSA) is 9.23 Å². The lowest BCUT2D eigenvalue weighted by Crippen LogP contribution is -2.10. The predicted molar refractivity (Wildman–Crippen MR) is 71.5 cm³/mol. The van der Waals surface area contributed by atoms with Crippen LogP contribution in [0.15, 0.2) is 24.3 Å². The number of halogens is 2. The second kappa shape index (κ2) is 6.04. The number of rotatable bonds is 6. The fraction of sp³-hybridized carbons (Fsp3) is 0.538. The first-order valence-electron chi connectivity index (χ1n) is 5.68. The van der Waals surface area contributed by atoms with Gasteiger partial charge in [-0.15, -0.1) is 0 Å². The molecule has 16 heavy (non-hydrogen) atoms. The van der Waals surface area contributed by atoms with Crippen LogP contribution in [0.4, 0.5) is 0 Å². The molecule has 3 heteroatoms. The van der Waals surface area contributed by atoms with E-state index in [1.54, 1.807) is 0 Å². The summed E-state index contributed by atoms with van der Waals surface area (Å²) in [6.45, 7) is 1.70. The van der Waals surface area contributed by atoms with E-state index in [1.807, 2.05) is 18.2 Å². The van der Waals surface area contributed by atoms with Crippen LogP contribution in [0.2, 0.25) is 5.02 Å². The van der Waals surface area contributed by atoms with Crippen molar-refractivity contribution in [2.75, 3.05) is 18.5 Å². The van der Waals surface area contributed by atoms with Crippen LogP contribution in [0.5, 0.6) is 0 Å². The van der Waals surface area contributed by atoms with Gasteiger partial charge in [-0.3, -0.25) is 0 Å². The molecular weight excluding hydrogens is 287 g/mol. The van der Waals surface area contributed by atoms with Crippen LogP contribution in [0.1, 0.15) is 24.3 Å². The van der Waals surface area contributed by atoms with Gasteiger partial charge in [-0.05, 0) is 36.5 Å². The van der Waals surface area contributed by atoms with Gasteiger partial charge in [0.2, 0.25) is 0 Å². The molecule has 1 saturated carbocycles. The summed E-state index contributed by atoms with van der Waals surface area (Å²) < 4.78 is 5.73. The second-order valence-corrected chi connectivity index (χ2v) is 5.47. The number of benzene rings is 1. The van der Waals surface area contributed by atoms with Crippen LogP contribution in [-0.2, 0) is 4.74 Å². The Balaban J connectivity index is 1.87. The molecule has 0 aliphatic heterocycles. The van der Waals surface area contributed by atoms with Crippen LogP contribution < -0.4 is 0 Å². The van der Waals surface area contributed by atoms with Gasteiger partial charge in [0.25, 0.3) is 0 Å². The molecule has 1 aliphatic rings. The summed E-state index contributed by atoms with van der Waals surface area (Å²) in [6.07, 6.45) is 2.69. The molecule has 0 radical (unpaired) electrons. The maximum atomic E-state index is 5.98. The maximum Gasteiger partial charge on any atom is 0.0542 e. The van der Waals surface area contributed by atoms with Crippen LogP contribution in [0.3, 0.4) is 0 Å². The molecule has 0 N–H and O–H groups in total. The highest BCUT2D eigenvalue weighted by Crippen LogP contribution is 2.29. The van der Waals surface area contributed by atoms with Gasteiger partial charge in [0.1, 0.15) is 0 Å². The van der Waals surface area contributed by atoms with E-state index in [9.17, 15) is 0 Å². The highest BCUT2D eigenvalue weighted by atomic mass is 79.9. The van der Waals surface area contributed by atoms with Gasteiger partial charge < -0.3 is 4.74 Å². The first kappa shape index (κ1) is 12.4. The molecule has 1 aliphatic carbocycles. The highest BCUT2D eigenvalue weighted by molar-refractivity contribution is 9.09. The third kappa shape index (κ3) is 3.76. The number of hydrogen-bond acceptors (Lipinski definition) is 1. The summed E-state index contributed by atoms with van der Waals surface area (Å²) in [6, 6.07) is 8.03. The summed E-state index contributed by atoms with van der Waals surface area (Å²) in [5.74, 6) is 1.23. The molecule has 1 aromatic rings. The lowest BCUT2D eigenvalue weighted by Gasteiger charge is -2.15. The molecule has 0 aromatic heterocycles. The molecule has 0 saturated heterocycles. The number of alkyl halides is 1. The number of ether oxygens (including phenoxy) is 1. The molecule has 2 rings (SSSR count). The van der Waals surface area contributed by atoms with E-state index in [-0.39, 0.29) is 0 Å². The smallest absolute Gasteiger partial charge is 0.0542 e. The minimum absolute atomic E-state index is 0.400. The van der Waals surface area contributed by atoms with Crippen molar-refractivity contribution in [1.29, 1.82) is 0 Å². The second-order valence-electron chi connectivity index (χ2n) is 4.39. The maximum absolute atomic E-state index is 5.98. The molecular formula is C13H16BrClO. The Bertz CT molecular complexity index is 338. The lowest BCUT2D eigenvalue weighted by molar-refractivity contribution is 0.115. The van der Waals surface area contributed by atoms with E-state index in [4.69, 9.17) is 16.3 Å². The van der Waals surface area contributed by atoms with E-state index >= 15 is 0 Å². The molecule has 1 nitrogen and oxygen atoms in total. The average molecular weight is 304 g/mol. The van der Waals surface area contributed by atoms with E-state index < -0.39 is 0 Å². The molecule has 0 heterocycles. The monoisotopic (exact) mass is 302 g/mol. The van der Waals surface area contributed by atoms with E-state index in [0.717, 1.165) is 29.5 Å². The standard InChI is InChI=1S/C13H16BrClO/c14-7-12(9-16-8-10-4-5-10)11-2-1-3-13(15)6-11/h1-3,6,10,12H,4-5,7-9H2. The van der Waals surface area contributed by atoms with Crippen molar-refractivity contribution in [1.82, 2.24) is 0 Å². The molecule has 0 amide bonds. The Morgan fingerprint density at radius 1 is 1.44 bits per heavy atom. The van der Waals surface area contributed by atoms with Crippen molar-refractivity contribution < 1.29 is 4.74 Å². The Labute approximate surface area is 110 Å². The van der Waals surface area contributed by atoms with Crippen molar-refractivity contribution in [2.24, 2.45) is 5.92 Å². The summed E-state index contributed by atoms with van der Waals surface area (Å²) in [7, 11) is 0. The average Bonchev–Trinajstić information content (AvgIpc) is 3.08. The van der Waals surface area contributed by atoms with Gasteiger partial charge >= 0.3 is 0 Å². The summed E-state index contributed by atoms with van der Waals surface area (Å²) in [5.41, 5.74) is 1.25. The van der Waals surface area contributed by atoms with E-state index in [1.165, 1.54) is 18.4 Å². The van der Waals surface area contributed by atoms with Crippen molar-refractivity contribution in [3.05, 3.63) is 34.9 Å². The highest BCUT2D eigenvalue weighted by Gasteiger charge is 2.22. The molecule has 0 bridgehead atoms. The van der Waals surface area contributed by atoms with Gasteiger partial charge in [-0.25, -0.2) is 0 Å². The van der Waals surface area contributed by atoms with Crippen LogP contribution >= 0.6 is 27.5 Å². The quantitative estimate of drug-likeness (QED) is 0.714. The minimum atomic E-state index is 0.400. The van der Waals surface area contributed by atoms with Crippen molar-refractivity contribution in [3.63, 3.8) is 0 Å². The fourth-order valence-electron chi connectivity index (χ4n) is 1.65. The summed E-state index contributed by atoms with van der Waals surface area (Å²) >= 11 is 9.52. The molecule has 1 fully saturated rings. The van der Waals surface area contributed by atoms with Gasteiger partial charge in [0.05, 0.1) is 6.61 Å². The zero-order chi connectivity index (χ0) is 11.4. The van der Waals surface area contributed by atoms with Gasteiger partial charge in [-0.1, -0.05) is 39.7 Å².